The molecule has 0 atom stereocenters. The number of urea groups is 1. The van der Waals surface area contributed by atoms with Crippen molar-refractivity contribution in [1.82, 2.24) is 10.6 Å². The number of amides is 2. The average molecular weight is 295 g/mol. The lowest BCUT2D eigenvalue weighted by atomic mass is 10.1. The fourth-order valence-corrected chi connectivity index (χ4v) is 2.09. The normalized spacial score (nSPS) is 14.8. The van der Waals surface area contributed by atoms with E-state index in [1.54, 1.807) is 6.20 Å². The van der Waals surface area contributed by atoms with E-state index >= 15 is 0 Å². The SMILES string of the molecule is O=C(NC=C1CCOCC1)NCCc1ccc(Cl)cc1. The van der Waals surface area contributed by atoms with Gasteiger partial charge in [-0.15, -0.1) is 0 Å². The first kappa shape index (κ1) is 14.9. The molecular formula is C15H19ClN2O2. The number of ether oxygens (including phenoxy) is 1. The summed E-state index contributed by atoms with van der Waals surface area (Å²) in [5, 5.41) is 6.31. The summed E-state index contributed by atoms with van der Waals surface area (Å²) in [5.74, 6) is 0. The van der Waals surface area contributed by atoms with Gasteiger partial charge in [0, 0.05) is 17.8 Å². The molecular weight excluding hydrogens is 276 g/mol. The zero-order valence-electron chi connectivity index (χ0n) is 11.3. The first-order valence-corrected chi connectivity index (χ1v) is 7.16. The van der Waals surface area contributed by atoms with Gasteiger partial charge >= 0.3 is 6.03 Å². The highest BCUT2D eigenvalue weighted by atomic mass is 35.5. The maximum atomic E-state index is 11.6. The van der Waals surface area contributed by atoms with E-state index in [9.17, 15) is 4.79 Å². The minimum Gasteiger partial charge on any atom is -0.381 e. The van der Waals surface area contributed by atoms with Crippen molar-refractivity contribution in [3.05, 3.63) is 46.6 Å². The van der Waals surface area contributed by atoms with Crippen LogP contribution in [0.1, 0.15) is 18.4 Å². The summed E-state index contributed by atoms with van der Waals surface area (Å²) in [6, 6.07) is 7.47. The molecule has 2 amide bonds. The van der Waals surface area contributed by atoms with E-state index in [1.165, 1.54) is 5.57 Å². The molecule has 1 saturated heterocycles. The van der Waals surface area contributed by atoms with Gasteiger partial charge in [0.25, 0.3) is 0 Å². The molecule has 0 aliphatic carbocycles. The highest BCUT2D eigenvalue weighted by Crippen LogP contribution is 2.11. The lowest BCUT2D eigenvalue weighted by Gasteiger charge is -2.14. The van der Waals surface area contributed by atoms with Crippen molar-refractivity contribution in [2.24, 2.45) is 0 Å². The fourth-order valence-electron chi connectivity index (χ4n) is 1.97. The fraction of sp³-hybridized carbons (Fsp3) is 0.400. The van der Waals surface area contributed by atoms with Crippen LogP contribution in [-0.2, 0) is 11.2 Å². The third kappa shape index (κ3) is 5.23. The summed E-state index contributed by atoms with van der Waals surface area (Å²) < 4.78 is 5.25. The molecule has 1 aromatic rings. The third-order valence-corrected chi connectivity index (χ3v) is 3.41. The Hall–Kier alpha value is -1.52. The van der Waals surface area contributed by atoms with Crippen molar-refractivity contribution in [2.75, 3.05) is 19.8 Å². The molecule has 1 aromatic carbocycles. The van der Waals surface area contributed by atoms with Gasteiger partial charge in [-0.25, -0.2) is 4.79 Å². The van der Waals surface area contributed by atoms with E-state index < -0.39 is 0 Å². The van der Waals surface area contributed by atoms with Crippen LogP contribution in [0.25, 0.3) is 0 Å². The van der Waals surface area contributed by atoms with Crippen molar-refractivity contribution < 1.29 is 9.53 Å². The van der Waals surface area contributed by atoms with Crippen LogP contribution in [0.2, 0.25) is 5.02 Å². The van der Waals surface area contributed by atoms with E-state index in [-0.39, 0.29) is 6.03 Å². The van der Waals surface area contributed by atoms with Gasteiger partial charge in [0.2, 0.25) is 0 Å². The number of nitrogens with one attached hydrogen (secondary N) is 2. The Labute approximate surface area is 124 Å². The Morgan fingerprint density at radius 1 is 1.25 bits per heavy atom. The standard InChI is InChI=1S/C15H19ClN2O2/c16-14-3-1-12(2-4-14)5-8-17-15(19)18-11-13-6-9-20-10-7-13/h1-4,11H,5-10H2,(H2,17,18,19). The molecule has 5 heteroatoms. The zero-order valence-corrected chi connectivity index (χ0v) is 12.1. The average Bonchev–Trinajstić information content (AvgIpc) is 2.48. The molecule has 2 N–H and O–H groups in total. The van der Waals surface area contributed by atoms with Crippen LogP contribution in [0.3, 0.4) is 0 Å². The predicted octanol–water partition coefficient (Wildman–Crippen LogP) is 2.88. The maximum Gasteiger partial charge on any atom is 0.318 e. The summed E-state index contributed by atoms with van der Waals surface area (Å²) in [5.41, 5.74) is 2.38. The first-order chi connectivity index (χ1) is 9.74. The van der Waals surface area contributed by atoms with Gasteiger partial charge in [-0.2, -0.15) is 0 Å². The minimum atomic E-state index is -0.169. The summed E-state index contributed by atoms with van der Waals surface area (Å²) in [7, 11) is 0. The molecule has 0 radical (unpaired) electrons. The molecule has 4 nitrogen and oxygen atoms in total. The maximum absolute atomic E-state index is 11.6. The largest absolute Gasteiger partial charge is 0.381 e. The van der Waals surface area contributed by atoms with Gasteiger partial charge in [0.05, 0.1) is 13.2 Å². The monoisotopic (exact) mass is 294 g/mol. The van der Waals surface area contributed by atoms with E-state index in [2.05, 4.69) is 10.6 Å². The summed E-state index contributed by atoms with van der Waals surface area (Å²) in [4.78, 5) is 11.6. The van der Waals surface area contributed by atoms with Crippen LogP contribution < -0.4 is 10.6 Å². The van der Waals surface area contributed by atoms with Crippen molar-refractivity contribution in [2.45, 2.75) is 19.3 Å². The van der Waals surface area contributed by atoms with Gasteiger partial charge in [-0.1, -0.05) is 23.7 Å². The topological polar surface area (TPSA) is 50.4 Å². The van der Waals surface area contributed by atoms with Gasteiger partial charge in [-0.3, -0.25) is 0 Å². The first-order valence-electron chi connectivity index (χ1n) is 6.78. The quantitative estimate of drug-likeness (QED) is 0.897. The Morgan fingerprint density at radius 2 is 1.95 bits per heavy atom. The molecule has 1 aliphatic rings. The molecule has 0 spiro atoms. The van der Waals surface area contributed by atoms with Gasteiger partial charge in [0.1, 0.15) is 0 Å². The number of rotatable bonds is 4. The van der Waals surface area contributed by atoms with Crippen molar-refractivity contribution in [1.29, 1.82) is 0 Å². The Bertz CT molecular complexity index is 463. The molecule has 2 rings (SSSR count). The molecule has 0 saturated carbocycles. The second-order valence-electron chi connectivity index (χ2n) is 4.69. The molecule has 20 heavy (non-hydrogen) atoms. The molecule has 1 fully saturated rings. The summed E-state index contributed by atoms with van der Waals surface area (Å²) in [6.07, 6.45) is 4.37. The van der Waals surface area contributed by atoms with Crippen LogP contribution >= 0.6 is 11.6 Å². The highest BCUT2D eigenvalue weighted by molar-refractivity contribution is 6.30. The van der Waals surface area contributed by atoms with Crippen LogP contribution in [0.5, 0.6) is 0 Å². The lowest BCUT2D eigenvalue weighted by Crippen LogP contribution is -2.34. The second kappa shape index (κ2) is 7.92. The van der Waals surface area contributed by atoms with Crippen LogP contribution in [-0.4, -0.2) is 25.8 Å². The molecule has 0 bridgehead atoms. The van der Waals surface area contributed by atoms with E-state index in [0.717, 1.165) is 43.1 Å². The Morgan fingerprint density at radius 3 is 2.65 bits per heavy atom. The van der Waals surface area contributed by atoms with Gasteiger partial charge in [0.15, 0.2) is 0 Å². The number of hydrogen-bond acceptors (Lipinski definition) is 2. The number of halogens is 1. The van der Waals surface area contributed by atoms with E-state index in [0.29, 0.717) is 6.54 Å². The Balaban J connectivity index is 1.66. The molecule has 0 aromatic heterocycles. The van der Waals surface area contributed by atoms with Crippen LogP contribution in [0, 0.1) is 0 Å². The Kier molecular flexibility index (Phi) is 5.89. The number of carbonyl (C=O) groups excluding carboxylic acids is 1. The number of hydrogen-bond donors (Lipinski definition) is 2. The van der Waals surface area contributed by atoms with Crippen molar-refractivity contribution in [3.63, 3.8) is 0 Å². The number of benzene rings is 1. The van der Waals surface area contributed by atoms with Crippen molar-refractivity contribution >= 4 is 17.6 Å². The molecule has 0 unspecified atom stereocenters. The lowest BCUT2D eigenvalue weighted by molar-refractivity contribution is 0.119. The van der Waals surface area contributed by atoms with E-state index in [1.807, 2.05) is 24.3 Å². The number of carbonyl (C=O) groups is 1. The summed E-state index contributed by atoms with van der Waals surface area (Å²) in [6.45, 7) is 2.08. The van der Waals surface area contributed by atoms with Crippen LogP contribution in [0.15, 0.2) is 36.0 Å². The molecule has 1 heterocycles. The van der Waals surface area contributed by atoms with Gasteiger partial charge < -0.3 is 15.4 Å². The predicted molar refractivity (Wildman–Crippen MR) is 79.8 cm³/mol. The van der Waals surface area contributed by atoms with E-state index in [4.69, 9.17) is 16.3 Å². The third-order valence-electron chi connectivity index (χ3n) is 3.15. The van der Waals surface area contributed by atoms with Crippen molar-refractivity contribution in [3.8, 4) is 0 Å². The zero-order chi connectivity index (χ0) is 14.2. The molecule has 1 aliphatic heterocycles. The molecule has 108 valence electrons. The second-order valence-corrected chi connectivity index (χ2v) is 5.13. The highest BCUT2D eigenvalue weighted by Gasteiger charge is 2.05. The summed E-state index contributed by atoms with van der Waals surface area (Å²) >= 11 is 5.82. The van der Waals surface area contributed by atoms with Gasteiger partial charge in [-0.05, 0) is 42.5 Å². The minimum absolute atomic E-state index is 0.169. The van der Waals surface area contributed by atoms with Crippen LogP contribution in [0.4, 0.5) is 4.79 Å². The smallest absolute Gasteiger partial charge is 0.318 e.